The van der Waals surface area contributed by atoms with Crippen molar-refractivity contribution in [2.75, 3.05) is 6.61 Å². The highest BCUT2D eigenvalue weighted by Gasteiger charge is 2.30. The average Bonchev–Trinajstić information content (AvgIpc) is 2.30. The summed E-state index contributed by atoms with van der Waals surface area (Å²) < 4.78 is 6.64. The summed E-state index contributed by atoms with van der Waals surface area (Å²) >= 11 is 0. The minimum Gasteiger partial charge on any atom is -0.394 e. The van der Waals surface area contributed by atoms with E-state index in [1.165, 1.54) is 16.8 Å². The Morgan fingerprint density at radius 2 is 2.24 bits per heavy atom. The highest BCUT2D eigenvalue weighted by atomic mass is 16.5. The molecule has 2 heterocycles. The Morgan fingerprint density at radius 1 is 1.47 bits per heavy atom. The van der Waals surface area contributed by atoms with Gasteiger partial charge in [0.05, 0.1) is 12.7 Å². The summed E-state index contributed by atoms with van der Waals surface area (Å²) in [5, 5.41) is 18.5. The summed E-state index contributed by atoms with van der Waals surface area (Å²) in [7, 11) is 0. The van der Waals surface area contributed by atoms with Gasteiger partial charge in [-0.1, -0.05) is 0 Å². The number of hydrogen-bond donors (Lipinski definition) is 3. The van der Waals surface area contributed by atoms with Gasteiger partial charge >= 0.3 is 5.69 Å². The number of aromatic amines is 1. The number of nitrogens with one attached hydrogen (secondary N) is 1. The second-order valence-electron chi connectivity index (χ2n) is 3.97. The zero-order chi connectivity index (χ0) is 12.4. The molecular formula is C10H14N2O5. The van der Waals surface area contributed by atoms with Gasteiger partial charge in [-0.15, -0.1) is 0 Å². The van der Waals surface area contributed by atoms with E-state index in [-0.39, 0.29) is 6.61 Å². The highest BCUT2D eigenvalue weighted by Crippen LogP contribution is 2.25. The molecular weight excluding hydrogens is 228 g/mol. The molecule has 1 saturated heterocycles. The van der Waals surface area contributed by atoms with Gasteiger partial charge < -0.3 is 14.9 Å². The van der Waals surface area contributed by atoms with Crippen LogP contribution in [0.1, 0.15) is 19.1 Å². The second kappa shape index (κ2) is 4.82. The number of aromatic nitrogens is 2. The van der Waals surface area contributed by atoms with Gasteiger partial charge in [0.2, 0.25) is 0 Å². The summed E-state index contributed by atoms with van der Waals surface area (Å²) in [6.07, 6.45) is 0.227. The van der Waals surface area contributed by atoms with Crippen molar-refractivity contribution >= 4 is 0 Å². The first-order valence-corrected chi connectivity index (χ1v) is 5.37. The molecule has 0 saturated carbocycles. The summed E-state index contributed by atoms with van der Waals surface area (Å²) in [5.41, 5.74) is -1.03. The Hall–Kier alpha value is -1.44. The molecule has 1 aromatic heterocycles. The fourth-order valence-electron chi connectivity index (χ4n) is 1.88. The fraction of sp³-hybridized carbons (Fsp3) is 0.600. The van der Waals surface area contributed by atoms with Crippen molar-refractivity contribution in [3.8, 4) is 0 Å². The Balaban J connectivity index is 2.23. The van der Waals surface area contributed by atoms with Crippen LogP contribution in [0.3, 0.4) is 0 Å². The van der Waals surface area contributed by atoms with Crippen molar-refractivity contribution in [3.05, 3.63) is 33.1 Å². The molecule has 3 N–H and O–H groups in total. The van der Waals surface area contributed by atoms with Crippen molar-refractivity contribution in [3.63, 3.8) is 0 Å². The first kappa shape index (κ1) is 12.0. The molecule has 94 valence electrons. The molecule has 17 heavy (non-hydrogen) atoms. The SMILES string of the molecule is O=c1ccn([C@H]2CC[C@H](O)[C@@H](CO)O2)c(=O)[nH]1. The fourth-order valence-corrected chi connectivity index (χ4v) is 1.88. The molecule has 7 nitrogen and oxygen atoms in total. The normalized spacial score (nSPS) is 29.2. The lowest BCUT2D eigenvalue weighted by molar-refractivity contribution is -0.160. The van der Waals surface area contributed by atoms with Gasteiger partial charge in [-0.25, -0.2) is 4.79 Å². The smallest absolute Gasteiger partial charge is 0.330 e. The molecule has 1 aliphatic heterocycles. The Kier molecular flexibility index (Phi) is 3.41. The minimum absolute atomic E-state index is 0.310. The molecule has 2 rings (SSSR count). The van der Waals surface area contributed by atoms with Gasteiger partial charge in [-0.05, 0) is 12.8 Å². The van der Waals surface area contributed by atoms with Crippen molar-refractivity contribution < 1.29 is 14.9 Å². The molecule has 3 atom stereocenters. The van der Waals surface area contributed by atoms with E-state index in [2.05, 4.69) is 4.98 Å². The predicted octanol–water partition coefficient (Wildman–Crippen LogP) is -1.43. The van der Waals surface area contributed by atoms with E-state index < -0.39 is 29.7 Å². The van der Waals surface area contributed by atoms with Crippen LogP contribution >= 0.6 is 0 Å². The predicted molar refractivity (Wildman–Crippen MR) is 57.6 cm³/mol. The minimum atomic E-state index is -0.727. The molecule has 1 fully saturated rings. The number of hydrogen-bond acceptors (Lipinski definition) is 5. The quantitative estimate of drug-likeness (QED) is 0.589. The van der Waals surface area contributed by atoms with Gasteiger partial charge in [0.15, 0.2) is 0 Å². The number of rotatable bonds is 2. The number of nitrogens with zero attached hydrogens (tertiary/aromatic N) is 1. The van der Waals surface area contributed by atoms with Crippen LogP contribution in [0.15, 0.2) is 21.9 Å². The van der Waals surface area contributed by atoms with Gasteiger partial charge in [0.1, 0.15) is 12.3 Å². The van der Waals surface area contributed by atoms with E-state index in [0.29, 0.717) is 12.8 Å². The first-order valence-electron chi connectivity index (χ1n) is 5.37. The first-order chi connectivity index (χ1) is 8.11. The van der Waals surface area contributed by atoms with Crippen molar-refractivity contribution in [2.24, 2.45) is 0 Å². The molecule has 0 bridgehead atoms. The highest BCUT2D eigenvalue weighted by molar-refractivity contribution is 4.86. The van der Waals surface area contributed by atoms with Crippen molar-refractivity contribution in [1.82, 2.24) is 9.55 Å². The number of aliphatic hydroxyl groups excluding tert-OH is 2. The molecule has 1 aromatic rings. The molecule has 0 radical (unpaired) electrons. The molecule has 0 spiro atoms. The summed E-state index contributed by atoms with van der Waals surface area (Å²) in [5.74, 6) is 0. The van der Waals surface area contributed by atoms with Crippen molar-refractivity contribution in [2.45, 2.75) is 31.3 Å². The third-order valence-electron chi connectivity index (χ3n) is 2.81. The lowest BCUT2D eigenvalue weighted by atomic mass is 10.0. The van der Waals surface area contributed by atoms with Crippen LogP contribution < -0.4 is 11.2 Å². The van der Waals surface area contributed by atoms with Gasteiger partial charge in [-0.3, -0.25) is 14.3 Å². The number of ether oxygens (including phenoxy) is 1. The van der Waals surface area contributed by atoms with E-state index in [9.17, 15) is 14.7 Å². The van der Waals surface area contributed by atoms with E-state index in [1.54, 1.807) is 0 Å². The molecule has 0 aliphatic carbocycles. The van der Waals surface area contributed by atoms with Crippen molar-refractivity contribution in [1.29, 1.82) is 0 Å². The topological polar surface area (TPSA) is 105 Å². The molecule has 0 amide bonds. The number of H-pyrrole nitrogens is 1. The van der Waals surface area contributed by atoms with Crippen LogP contribution in [0.2, 0.25) is 0 Å². The summed E-state index contributed by atoms with van der Waals surface area (Å²) in [4.78, 5) is 24.6. The monoisotopic (exact) mass is 242 g/mol. The zero-order valence-electron chi connectivity index (χ0n) is 9.07. The van der Waals surface area contributed by atoms with E-state index in [4.69, 9.17) is 9.84 Å². The lowest BCUT2D eigenvalue weighted by Crippen LogP contribution is -2.42. The standard InChI is InChI=1S/C10H14N2O5/c13-5-7-6(14)1-2-9(17-7)12-4-3-8(15)11-10(12)16/h3-4,6-7,9,13-14H,1-2,5H2,(H,11,15,16)/t6-,7+,9+/m0/s1. The molecule has 7 heteroatoms. The Labute approximate surface area is 96.3 Å². The number of aliphatic hydroxyl groups is 2. The van der Waals surface area contributed by atoms with E-state index in [1.807, 2.05) is 0 Å². The van der Waals surface area contributed by atoms with Crippen LogP contribution in [0.25, 0.3) is 0 Å². The maximum Gasteiger partial charge on any atom is 0.330 e. The van der Waals surface area contributed by atoms with Crippen LogP contribution in [0.5, 0.6) is 0 Å². The zero-order valence-corrected chi connectivity index (χ0v) is 9.07. The summed E-state index contributed by atoms with van der Waals surface area (Å²) in [6, 6.07) is 1.23. The van der Waals surface area contributed by atoms with E-state index >= 15 is 0 Å². The van der Waals surface area contributed by atoms with Crippen LogP contribution in [0.4, 0.5) is 0 Å². The third kappa shape index (κ3) is 2.46. The van der Waals surface area contributed by atoms with Gasteiger partial charge in [0, 0.05) is 12.3 Å². The Morgan fingerprint density at radius 3 is 2.88 bits per heavy atom. The molecule has 0 aromatic carbocycles. The van der Waals surface area contributed by atoms with E-state index in [0.717, 1.165) is 0 Å². The van der Waals surface area contributed by atoms with Crippen LogP contribution in [-0.4, -0.2) is 38.6 Å². The summed E-state index contributed by atoms with van der Waals surface area (Å²) in [6.45, 7) is -0.310. The molecule has 0 unspecified atom stereocenters. The van der Waals surface area contributed by atoms with Gasteiger partial charge in [-0.2, -0.15) is 0 Å². The van der Waals surface area contributed by atoms with Crippen LogP contribution in [0, 0.1) is 0 Å². The molecule has 1 aliphatic rings. The lowest BCUT2D eigenvalue weighted by Gasteiger charge is -2.33. The maximum absolute atomic E-state index is 11.5. The van der Waals surface area contributed by atoms with Crippen LogP contribution in [-0.2, 0) is 4.74 Å². The third-order valence-corrected chi connectivity index (χ3v) is 2.81. The maximum atomic E-state index is 11.5. The second-order valence-corrected chi connectivity index (χ2v) is 3.97. The Bertz CT molecular complexity index is 494. The largest absolute Gasteiger partial charge is 0.394 e. The van der Waals surface area contributed by atoms with Gasteiger partial charge in [0.25, 0.3) is 5.56 Å². The average molecular weight is 242 g/mol.